The summed E-state index contributed by atoms with van der Waals surface area (Å²) in [5, 5.41) is 33.5. The Morgan fingerprint density at radius 2 is 1.30 bits per heavy atom. The normalized spacial score (nSPS) is 11.3. The van der Waals surface area contributed by atoms with Crippen molar-refractivity contribution in [2.45, 2.75) is 70.8 Å². The molecule has 120 valence electrons. The van der Waals surface area contributed by atoms with Crippen LogP contribution in [0.25, 0.3) is 0 Å². The molecule has 0 spiro atoms. The van der Waals surface area contributed by atoms with Crippen LogP contribution in [0.2, 0.25) is 0 Å². The Balaban J connectivity index is 0. The lowest BCUT2D eigenvalue weighted by atomic mass is 10.1. The highest BCUT2D eigenvalue weighted by molar-refractivity contribution is 5.67. The van der Waals surface area contributed by atoms with Crippen LogP contribution in [0, 0.1) is 0 Å². The fourth-order valence-corrected chi connectivity index (χ4v) is 1.46. The Morgan fingerprint density at radius 3 is 1.65 bits per heavy atom. The van der Waals surface area contributed by atoms with Crippen molar-refractivity contribution in [3.8, 4) is 0 Å². The molecule has 0 radical (unpaired) electrons. The van der Waals surface area contributed by atoms with Crippen LogP contribution in [0.3, 0.4) is 0 Å². The molecule has 0 bridgehead atoms. The van der Waals surface area contributed by atoms with Crippen LogP contribution in [-0.4, -0.2) is 45.1 Å². The van der Waals surface area contributed by atoms with E-state index in [2.05, 4.69) is 0 Å². The van der Waals surface area contributed by atoms with E-state index in [-0.39, 0.29) is 18.9 Å². The van der Waals surface area contributed by atoms with Gasteiger partial charge in [-0.2, -0.15) is 0 Å². The fraction of sp³-hybridized carbons (Fsp3) is 0.857. The third-order valence-electron chi connectivity index (χ3n) is 2.56. The number of carboxylic acid groups (broad SMARTS) is 2. The summed E-state index contributed by atoms with van der Waals surface area (Å²) in [6.07, 6.45) is 5.95. The van der Waals surface area contributed by atoms with Crippen LogP contribution < -0.4 is 0 Å². The fourth-order valence-electron chi connectivity index (χ4n) is 1.46. The number of aliphatic hydroxyl groups is 2. The molecule has 6 heteroatoms. The van der Waals surface area contributed by atoms with E-state index in [1.54, 1.807) is 0 Å². The molecular weight excluding hydrogens is 264 g/mol. The van der Waals surface area contributed by atoms with Gasteiger partial charge in [0.15, 0.2) is 0 Å². The van der Waals surface area contributed by atoms with Gasteiger partial charge in [0.1, 0.15) is 0 Å². The van der Waals surface area contributed by atoms with Gasteiger partial charge in [0.2, 0.25) is 0 Å². The van der Waals surface area contributed by atoms with E-state index in [1.165, 1.54) is 0 Å². The zero-order valence-electron chi connectivity index (χ0n) is 12.3. The van der Waals surface area contributed by atoms with Gasteiger partial charge in [-0.1, -0.05) is 19.3 Å². The molecule has 0 rings (SSSR count). The second-order valence-corrected chi connectivity index (χ2v) is 4.77. The number of aliphatic hydroxyl groups excluding tert-OH is 2. The van der Waals surface area contributed by atoms with Crippen molar-refractivity contribution in [1.29, 1.82) is 0 Å². The summed E-state index contributed by atoms with van der Waals surface area (Å²) in [5.41, 5.74) is 0. The Labute approximate surface area is 120 Å². The summed E-state index contributed by atoms with van der Waals surface area (Å²) in [6.45, 7) is 2.11. The summed E-state index contributed by atoms with van der Waals surface area (Å²) in [4.78, 5) is 19.8. The SMILES string of the molecule is CC(O)CCCCCCO.O=C(O)CCCCC(=O)O. The molecule has 0 saturated carbocycles. The lowest BCUT2D eigenvalue weighted by molar-refractivity contribution is -0.139. The lowest BCUT2D eigenvalue weighted by Gasteiger charge is -2.01. The molecule has 6 nitrogen and oxygen atoms in total. The van der Waals surface area contributed by atoms with Crippen molar-refractivity contribution in [1.82, 2.24) is 0 Å². The van der Waals surface area contributed by atoms with Gasteiger partial charge >= 0.3 is 11.9 Å². The summed E-state index contributed by atoms with van der Waals surface area (Å²) < 4.78 is 0. The number of unbranched alkanes of at least 4 members (excludes halogenated alkanes) is 4. The predicted octanol–water partition coefficient (Wildman–Crippen LogP) is 2.03. The second-order valence-electron chi connectivity index (χ2n) is 4.77. The Morgan fingerprint density at radius 1 is 0.850 bits per heavy atom. The molecule has 0 amide bonds. The summed E-state index contributed by atoms with van der Waals surface area (Å²) >= 11 is 0. The van der Waals surface area contributed by atoms with Gasteiger partial charge in [-0.25, -0.2) is 0 Å². The van der Waals surface area contributed by atoms with Crippen molar-refractivity contribution in [3.05, 3.63) is 0 Å². The first-order chi connectivity index (χ1) is 9.40. The Bertz CT molecular complexity index is 224. The quantitative estimate of drug-likeness (QED) is 0.433. The van der Waals surface area contributed by atoms with Crippen molar-refractivity contribution in [3.63, 3.8) is 0 Å². The maximum Gasteiger partial charge on any atom is 0.303 e. The van der Waals surface area contributed by atoms with Crippen LogP contribution >= 0.6 is 0 Å². The molecule has 0 saturated heterocycles. The maximum absolute atomic E-state index is 9.90. The van der Waals surface area contributed by atoms with E-state index in [0.29, 0.717) is 19.4 Å². The van der Waals surface area contributed by atoms with E-state index in [0.717, 1.165) is 32.1 Å². The van der Waals surface area contributed by atoms with Gasteiger partial charge in [-0.15, -0.1) is 0 Å². The van der Waals surface area contributed by atoms with Gasteiger partial charge in [-0.3, -0.25) is 9.59 Å². The standard InChI is InChI=1S/C8H18O2.C6H10O4/c1-8(10)6-4-2-3-5-7-9;7-5(8)3-1-2-4-6(9)10/h8-10H,2-7H2,1H3;1-4H2,(H,7,8)(H,9,10). The van der Waals surface area contributed by atoms with Crippen molar-refractivity contribution < 1.29 is 30.0 Å². The second kappa shape index (κ2) is 15.9. The molecule has 20 heavy (non-hydrogen) atoms. The van der Waals surface area contributed by atoms with Gasteiger partial charge in [0.25, 0.3) is 0 Å². The predicted molar refractivity (Wildman–Crippen MR) is 75.6 cm³/mol. The summed E-state index contributed by atoms with van der Waals surface area (Å²) in [6, 6.07) is 0. The number of carbonyl (C=O) groups is 2. The molecule has 1 atom stereocenters. The van der Waals surface area contributed by atoms with E-state index in [1.807, 2.05) is 6.92 Å². The third kappa shape index (κ3) is 25.6. The number of hydrogen-bond acceptors (Lipinski definition) is 4. The highest BCUT2D eigenvalue weighted by Crippen LogP contribution is 2.04. The topological polar surface area (TPSA) is 115 Å². The van der Waals surface area contributed by atoms with Gasteiger partial charge < -0.3 is 20.4 Å². The highest BCUT2D eigenvalue weighted by Gasteiger charge is 1.99. The minimum atomic E-state index is -0.870. The third-order valence-corrected chi connectivity index (χ3v) is 2.56. The first-order valence-electron chi connectivity index (χ1n) is 7.12. The lowest BCUT2D eigenvalue weighted by Crippen LogP contribution is -1.98. The van der Waals surface area contributed by atoms with Crippen LogP contribution in [0.4, 0.5) is 0 Å². The van der Waals surface area contributed by atoms with Crippen LogP contribution in [0.5, 0.6) is 0 Å². The number of aliphatic carboxylic acids is 2. The molecule has 0 aromatic heterocycles. The molecule has 0 fully saturated rings. The molecular formula is C14H28O6. The molecule has 0 aromatic carbocycles. The van der Waals surface area contributed by atoms with E-state index in [4.69, 9.17) is 20.4 Å². The molecule has 0 aliphatic rings. The summed E-state index contributed by atoms with van der Waals surface area (Å²) in [5.74, 6) is -1.74. The number of rotatable bonds is 11. The number of carboxylic acids is 2. The average molecular weight is 292 g/mol. The minimum Gasteiger partial charge on any atom is -0.481 e. The van der Waals surface area contributed by atoms with E-state index in [9.17, 15) is 9.59 Å². The molecule has 4 N–H and O–H groups in total. The van der Waals surface area contributed by atoms with Crippen LogP contribution in [0.1, 0.15) is 64.7 Å². The van der Waals surface area contributed by atoms with Crippen molar-refractivity contribution in [2.24, 2.45) is 0 Å². The zero-order valence-corrected chi connectivity index (χ0v) is 12.3. The summed E-state index contributed by atoms with van der Waals surface area (Å²) in [7, 11) is 0. The van der Waals surface area contributed by atoms with Crippen molar-refractivity contribution >= 4 is 11.9 Å². The number of hydrogen-bond donors (Lipinski definition) is 4. The Kier molecular flexibility index (Phi) is 16.8. The minimum absolute atomic E-state index is 0.0628. The van der Waals surface area contributed by atoms with Crippen LogP contribution in [-0.2, 0) is 9.59 Å². The van der Waals surface area contributed by atoms with Gasteiger partial charge in [0, 0.05) is 19.4 Å². The first kappa shape index (κ1) is 21.2. The molecule has 0 heterocycles. The largest absolute Gasteiger partial charge is 0.481 e. The average Bonchev–Trinajstić information content (AvgIpc) is 2.34. The maximum atomic E-state index is 9.90. The van der Waals surface area contributed by atoms with Crippen molar-refractivity contribution in [2.75, 3.05) is 6.61 Å². The molecule has 0 aliphatic carbocycles. The monoisotopic (exact) mass is 292 g/mol. The highest BCUT2D eigenvalue weighted by atomic mass is 16.4. The van der Waals surface area contributed by atoms with E-state index >= 15 is 0 Å². The van der Waals surface area contributed by atoms with E-state index < -0.39 is 11.9 Å². The van der Waals surface area contributed by atoms with Crippen LogP contribution in [0.15, 0.2) is 0 Å². The van der Waals surface area contributed by atoms with Gasteiger partial charge in [0.05, 0.1) is 6.10 Å². The first-order valence-corrected chi connectivity index (χ1v) is 7.12. The molecule has 0 aliphatic heterocycles. The smallest absolute Gasteiger partial charge is 0.303 e. The van der Waals surface area contributed by atoms with Gasteiger partial charge in [-0.05, 0) is 32.6 Å². The Hall–Kier alpha value is -1.14. The zero-order chi connectivity index (χ0) is 15.8. The molecule has 1 unspecified atom stereocenters. The molecule has 0 aromatic rings.